The van der Waals surface area contributed by atoms with Gasteiger partial charge in [-0.1, -0.05) is 67.6 Å². The Hall–Kier alpha value is -2.13. The summed E-state index contributed by atoms with van der Waals surface area (Å²) in [5, 5.41) is 0. The molecule has 0 bridgehead atoms. The lowest BCUT2D eigenvalue weighted by atomic mass is 9.76. The summed E-state index contributed by atoms with van der Waals surface area (Å²) in [5.74, 6) is 0.160. The van der Waals surface area contributed by atoms with Gasteiger partial charge >= 0.3 is 0 Å². The third-order valence-electron chi connectivity index (χ3n) is 5.14. The van der Waals surface area contributed by atoms with Gasteiger partial charge in [-0.3, -0.25) is 4.79 Å². The van der Waals surface area contributed by atoms with E-state index in [9.17, 15) is 4.79 Å². The van der Waals surface area contributed by atoms with Crippen LogP contribution in [0.1, 0.15) is 43.4 Å². The number of nitrogens with zero attached hydrogens (tertiary/aromatic N) is 1. The Labute approximate surface area is 144 Å². The molecule has 2 aromatic carbocycles. The number of benzene rings is 2. The van der Waals surface area contributed by atoms with Crippen LogP contribution in [-0.2, 0) is 10.2 Å². The summed E-state index contributed by atoms with van der Waals surface area (Å²) in [7, 11) is 0. The van der Waals surface area contributed by atoms with Gasteiger partial charge in [0.05, 0.1) is 0 Å². The molecule has 3 nitrogen and oxygen atoms in total. The van der Waals surface area contributed by atoms with Gasteiger partial charge in [0.25, 0.3) is 0 Å². The Balaban J connectivity index is 1.67. The van der Waals surface area contributed by atoms with Crippen LogP contribution in [0.25, 0.3) is 0 Å². The number of piperidine rings is 1. The summed E-state index contributed by atoms with van der Waals surface area (Å²) in [6, 6.07) is 20.2. The number of nitrogens with two attached hydrogens (primary N) is 1. The molecule has 1 aliphatic rings. The van der Waals surface area contributed by atoms with Gasteiger partial charge in [-0.05, 0) is 24.0 Å². The van der Waals surface area contributed by atoms with Gasteiger partial charge in [-0.25, -0.2) is 0 Å². The first-order chi connectivity index (χ1) is 11.6. The van der Waals surface area contributed by atoms with Gasteiger partial charge in [0.1, 0.15) is 0 Å². The maximum absolute atomic E-state index is 12.7. The third-order valence-corrected chi connectivity index (χ3v) is 5.14. The second-order valence-corrected chi connectivity index (χ2v) is 7.07. The zero-order valence-electron chi connectivity index (χ0n) is 14.3. The second-order valence-electron chi connectivity index (χ2n) is 7.07. The molecule has 0 spiro atoms. The standard InChI is InChI=1S/C21H26N2O/c1-21(18-11-6-3-7-12-18)13-8-14-23(16-21)20(24)15-19(22)17-9-4-2-5-10-17/h2-7,9-12,19H,8,13-16,22H2,1H3. The average molecular weight is 322 g/mol. The van der Waals surface area contributed by atoms with Gasteiger partial charge in [-0.2, -0.15) is 0 Å². The van der Waals surface area contributed by atoms with E-state index in [1.165, 1.54) is 5.56 Å². The Morgan fingerprint density at radius 2 is 1.75 bits per heavy atom. The molecule has 0 aliphatic carbocycles. The molecule has 1 aliphatic heterocycles. The molecule has 0 aromatic heterocycles. The maximum atomic E-state index is 12.7. The molecule has 1 heterocycles. The summed E-state index contributed by atoms with van der Waals surface area (Å²) in [4.78, 5) is 14.7. The number of hydrogen-bond acceptors (Lipinski definition) is 2. The van der Waals surface area contributed by atoms with Gasteiger partial charge in [-0.15, -0.1) is 0 Å². The van der Waals surface area contributed by atoms with Crippen LogP contribution < -0.4 is 5.73 Å². The van der Waals surface area contributed by atoms with E-state index in [0.29, 0.717) is 6.42 Å². The first-order valence-corrected chi connectivity index (χ1v) is 8.72. The van der Waals surface area contributed by atoms with E-state index < -0.39 is 0 Å². The Morgan fingerprint density at radius 1 is 1.12 bits per heavy atom. The van der Waals surface area contributed by atoms with Crippen molar-refractivity contribution in [1.82, 2.24) is 4.90 Å². The Morgan fingerprint density at radius 3 is 2.42 bits per heavy atom. The fourth-order valence-corrected chi connectivity index (χ4v) is 3.66. The van der Waals surface area contributed by atoms with E-state index in [1.54, 1.807) is 0 Å². The third kappa shape index (κ3) is 3.68. The highest BCUT2D eigenvalue weighted by Gasteiger charge is 2.34. The summed E-state index contributed by atoms with van der Waals surface area (Å²) in [6.45, 7) is 3.87. The van der Waals surface area contributed by atoms with Crippen molar-refractivity contribution in [3.63, 3.8) is 0 Å². The van der Waals surface area contributed by atoms with Crippen LogP contribution in [0.2, 0.25) is 0 Å². The van der Waals surface area contributed by atoms with Crippen molar-refractivity contribution in [2.75, 3.05) is 13.1 Å². The smallest absolute Gasteiger partial charge is 0.224 e. The molecule has 2 unspecified atom stereocenters. The fourth-order valence-electron chi connectivity index (χ4n) is 3.66. The number of amides is 1. The first-order valence-electron chi connectivity index (χ1n) is 8.72. The number of carbonyl (C=O) groups is 1. The molecule has 2 aromatic rings. The van der Waals surface area contributed by atoms with Crippen LogP contribution in [0.5, 0.6) is 0 Å². The molecule has 126 valence electrons. The number of carbonyl (C=O) groups excluding carboxylic acids is 1. The van der Waals surface area contributed by atoms with Gasteiger partial charge < -0.3 is 10.6 Å². The summed E-state index contributed by atoms with van der Waals surface area (Å²) < 4.78 is 0. The Bertz CT molecular complexity index is 671. The lowest BCUT2D eigenvalue weighted by molar-refractivity contribution is -0.133. The average Bonchev–Trinajstić information content (AvgIpc) is 2.63. The largest absolute Gasteiger partial charge is 0.342 e. The maximum Gasteiger partial charge on any atom is 0.224 e. The number of likely N-dealkylation sites (tertiary alicyclic amines) is 1. The van der Waals surface area contributed by atoms with E-state index in [4.69, 9.17) is 5.73 Å². The highest BCUT2D eigenvalue weighted by atomic mass is 16.2. The monoisotopic (exact) mass is 322 g/mol. The highest BCUT2D eigenvalue weighted by Crippen LogP contribution is 2.34. The summed E-state index contributed by atoms with van der Waals surface area (Å²) >= 11 is 0. The number of hydrogen-bond donors (Lipinski definition) is 1. The predicted octanol–water partition coefficient (Wildman–Crippen LogP) is 3.66. The molecule has 1 saturated heterocycles. The normalized spacial score (nSPS) is 22.2. The zero-order valence-corrected chi connectivity index (χ0v) is 14.3. The van der Waals surface area contributed by atoms with Crippen LogP contribution in [0, 0.1) is 0 Å². The first kappa shape index (κ1) is 16.7. The van der Waals surface area contributed by atoms with Crippen molar-refractivity contribution in [3.8, 4) is 0 Å². The molecule has 3 rings (SSSR count). The van der Waals surface area contributed by atoms with E-state index in [1.807, 2.05) is 41.3 Å². The Kier molecular flexibility index (Phi) is 5.00. The lowest BCUT2D eigenvalue weighted by Gasteiger charge is -2.41. The molecule has 2 N–H and O–H groups in total. The fraction of sp³-hybridized carbons (Fsp3) is 0.381. The van der Waals surface area contributed by atoms with Crippen LogP contribution >= 0.6 is 0 Å². The van der Waals surface area contributed by atoms with Crippen LogP contribution in [-0.4, -0.2) is 23.9 Å². The van der Waals surface area contributed by atoms with Crippen molar-refractivity contribution in [2.24, 2.45) is 5.73 Å². The highest BCUT2D eigenvalue weighted by molar-refractivity contribution is 5.77. The van der Waals surface area contributed by atoms with Crippen molar-refractivity contribution < 1.29 is 4.79 Å². The quantitative estimate of drug-likeness (QED) is 0.934. The van der Waals surface area contributed by atoms with E-state index in [0.717, 1.165) is 31.5 Å². The minimum atomic E-state index is -0.233. The molecule has 24 heavy (non-hydrogen) atoms. The topological polar surface area (TPSA) is 46.3 Å². The van der Waals surface area contributed by atoms with Crippen molar-refractivity contribution in [1.29, 1.82) is 0 Å². The molecule has 0 radical (unpaired) electrons. The molecule has 3 heteroatoms. The lowest BCUT2D eigenvalue weighted by Crippen LogP contribution is -2.47. The van der Waals surface area contributed by atoms with Crippen LogP contribution in [0.15, 0.2) is 60.7 Å². The molecular formula is C21H26N2O. The predicted molar refractivity (Wildman–Crippen MR) is 97.6 cm³/mol. The zero-order chi connectivity index (χ0) is 17.0. The van der Waals surface area contributed by atoms with Crippen LogP contribution in [0.3, 0.4) is 0 Å². The van der Waals surface area contributed by atoms with E-state index >= 15 is 0 Å². The van der Waals surface area contributed by atoms with E-state index in [2.05, 4.69) is 31.2 Å². The van der Waals surface area contributed by atoms with Gasteiger partial charge in [0.15, 0.2) is 0 Å². The molecule has 2 atom stereocenters. The van der Waals surface area contributed by atoms with E-state index in [-0.39, 0.29) is 17.4 Å². The van der Waals surface area contributed by atoms with Gasteiger partial charge in [0.2, 0.25) is 5.91 Å². The summed E-state index contributed by atoms with van der Waals surface area (Å²) in [5.41, 5.74) is 8.60. The van der Waals surface area contributed by atoms with Crippen molar-refractivity contribution in [2.45, 2.75) is 37.6 Å². The number of rotatable bonds is 4. The van der Waals surface area contributed by atoms with Crippen molar-refractivity contribution in [3.05, 3.63) is 71.8 Å². The van der Waals surface area contributed by atoms with Crippen molar-refractivity contribution >= 4 is 5.91 Å². The second kappa shape index (κ2) is 7.18. The molecule has 0 saturated carbocycles. The van der Waals surface area contributed by atoms with Gasteiger partial charge in [0, 0.05) is 31.0 Å². The molecule has 1 fully saturated rings. The molecule has 1 amide bonds. The van der Waals surface area contributed by atoms with Crippen LogP contribution in [0.4, 0.5) is 0 Å². The molecular weight excluding hydrogens is 296 g/mol. The SMILES string of the molecule is CC1(c2ccccc2)CCCN(C(=O)CC(N)c2ccccc2)C1. The minimum absolute atomic E-state index is 0.0337. The minimum Gasteiger partial charge on any atom is -0.342 e. The summed E-state index contributed by atoms with van der Waals surface area (Å²) in [6.07, 6.45) is 2.53.